The summed E-state index contributed by atoms with van der Waals surface area (Å²) in [7, 11) is 0. The molecular weight excluding hydrogens is 641 g/mol. The standard InChI is InChI=1S/C52H32O/c1-2-13-33(14-3-1)37-16-12-17-38(31-37)50-43-22-9-7-20-41(43)49(42-21-8-10-23-44(42)50)36-27-25-35(26-28-36)46-32-47-51-39-18-5-4-15-34(39)29-30-48(51)53-52(47)45-24-11-6-19-40(45)46/h1-32H. The van der Waals surface area contributed by atoms with Crippen molar-refractivity contribution in [2.24, 2.45) is 0 Å². The molecule has 0 aliphatic carbocycles. The molecule has 1 heterocycles. The van der Waals surface area contributed by atoms with Gasteiger partial charge in [-0.15, -0.1) is 0 Å². The van der Waals surface area contributed by atoms with E-state index in [-0.39, 0.29) is 0 Å². The lowest BCUT2D eigenvalue weighted by Gasteiger charge is -2.18. The van der Waals surface area contributed by atoms with Gasteiger partial charge in [-0.05, 0) is 100 Å². The summed E-state index contributed by atoms with van der Waals surface area (Å²) in [5.74, 6) is 0. The Morgan fingerprint density at radius 2 is 0.811 bits per heavy atom. The third-order valence-electron chi connectivity index (χ3n) is 11.0. The lowest BCUT2D eigenvalue weighted by atomic mass is 9.85. The van der Waals surface area contributed by atoms with Gasteiger partial charge < -0.3 is 4.42 Å². The molecule has 1 heteroatoms. The molecule has 11 aromatic rings. The Bertz CT molecular complexity index is 3150. The van der Waals surface area contributed by atoms with Crippen molar-refractivity contribution in [3.8, 4) is 44.5 Å². The van der Waals surface area contributed by atoms with Crippen LogP contribution >= 0.6 is 0 Å². The quantitative estimate of drug-likeness (QED) is 0.170. The van der Waals surface area contributed by atoms with E-state index in [0.29, 0.717) is 0 Å². The lowest BCUT2D eigenvalue weighted by Crippen LogP contribution is -1.91. The van der Waals surface area contributed by atoms with Crippen molar-refractivity contribution in [2.75, 3.05) is 0 Å². The summed E-state index contributed by atoms with van der Waals surface area (Å²) in [5.41, 5.74) is 11.7. The molecule has 0 saturated carbocycles. The van der Waals surface area contributed by atoms with Gasteiger partial charge in [-0.2, -0.15) is 0 Å². The summed E-state index contributed by atoms with van der Waals surface area (Å²) in [5, 5.41) is 12.1. The Kier molecular flexibility index (Phi) is 6.62. The highest BCUT2D eigenvalue weighted by molar-refractivity contribution is 6.25. The lowest BCUT2D eigenvalue weighted by molar-refractivity contribution is 0.673. The normalized spacial score (nSPS) is 11.8. The summed E-state index contributed by atoms with van der Waals surface area (Å²) in [6.45, 7) is 0. The van der Waals surface area contributed by atoms with E-state index in [1.54, 1.807) is 0 Å². The third kappa shape index (κ3) is 4.64. The fourth-order valence-electron chi connectivity index (χ4n) is 8.66. The van der Waals surface area contributed by atoms with Crippen LogP contribution in [-0.4, -0.2) is 0 Å². The summed E-state index contributed by atoms with van der Waals surface area (Å²) >= 11 is 0. The number of hydrogen-bond acceptors (Lipinski definition) is 1. The maximum atomic E-state index is 6.59. The molecule has 0 spiro atoms. The summed E-state index contributed by atoms with van der Waals surface area (Å²) in [6.07, 6.45) is 0. The summed E-state index contributed by atoms with van der Waals surface area (Å²) < 4.78 is 6.59. The molecule has 0 aliphatic rings. The van der Waals surface area contributed by atoms with E-state index in [4.69, 9.17) is 4.42 Å². The van der Waals surface area contributed by atoms with Gasteiger partial charge in [-0.1, -0.05) is 176 Å². The second-order valence-electron chi connectivity index (χ2n) is 14.0. The van der Waals surface area contributed by atoms with Crippen LogP contribution in [-0.2, 0) is 0 Å². The van der Waals surface area contributed by atoms with E-state index in [1.807, 2.05) is 0 Å². The third-order valence-corrected chi connectivity index (χ3v) is 11.0. The first kappa shape index (κ1) is 29.7. The molecule has 0 atom stereocenters. The van der Waals surface area contributed by atoms with Crippen LogP contribution in [0.2, 0.25) is 0 Å². The van der Waals surface area contributed by atoms with Gasteiger partial charge >= 0.3 is 0 Å². The number of furan rings is 1. The molecule has 246 valence electrons. The van der Waals surface area contributed by atoms with Crippen LogP contribution in [0, 0.1) is 0 Å². The van der Waals surface area contributed by atoms with Gasteiger partial charge in [0.05, 0.1) is 0 Å². The van der Waals surface area contributed by atoms with E-state index in [9.17, 15) is 0 Å². The average molecular weight is 673 g/mol. The summed E-state index contributed by atoms with van der Waals surface area (Å²) in [6, 6.07) is 70.5. The van der Waals surface area contributed by atoms with Crippen LogP contribution in [0.15, 0.2) is 199 Å². The van der Waals surface area contributed by atoms with E-state index in [0.717, 1.165) is 21.9 Å². The number of fused-ring (bicyclic) bond motifs is 9. The zero-order chi connectivity index (χ0) is 34.9. The minimum Gasteiger partial charge on any atom is -0.455 e. The van der Waals surface area contributed by atoms with Crippen LogP contribution in [0.25, 0.3) is 110 Å². The van der Waals surface area contributed by atoms with Gasteiger partial charge in [0.1, 0.15) is 11.2 Å². The first-order chi connectivity index (χ1) is 26.3. The van der Waals surface area contributed by atoms with Crippen LogP contribution in [0.3, 0.4) is 0 Å². The fraction of sp³-hybridized carbons (Fsp3) is 0. The molecule has 1 aromatic heterocycles. The first-order valence-corrected chi connectivity index (χ1v) is 18.3. The maximum Gasteiger partial charge on any atom is 0.143 e. The van der Waals surface area contributed by atoms with Crippen molar-refractivity contribution in [1.82, 2.24) is 0 Å². The Morgan fingerprint density at radius 1 is 0.283 bits per heavy atom. The smallest absolute Gasteiger partial charge is 0.143 e. The van der Waals surface area contributed by atoms with Crippen molar-refractivity contribution in [3.63, 3.8) is 0 Å². The van der Waals surface area contributed by atoms with Crippen molar-refractivity contribution in [3.05, 3.63) is 194 Å². The zero-order valence-electron chi connectivity index (χ0n) is 28.9. The fourth-order valence-corrected chi connectivity index (χ4v) is 8.66. The molecule has 11 rings (SSSR count). The van der Waals surface area contributed by atoms with Crippen molar-refractivity contribution in [2.45, 2.75) is 0 Å². The molecule has 0 radical (unpaired) electrons. The first-order valence-electron chi connectivity index (χ1n) is 18.3. The maximum absolute atomic E-state index is 6.59. The van der Waals surface area contributed by atoms with E-state index >= 15 is 0 Å². The molecular formula is C52H32O. The predicted molar refractivity (Wildman–Crippen MR) is 225 cm³/mol. The van der Waals surface area contributed by atoms with Crippen LogP contribution < -0.4 is 0 Å². The Labute approximate surface area is 307 Å². The van der Waals surface area contributed by atoms with Gasteiger partial charge in [0, 0.05) is 16.2 Å². The molecule has 0 fully saturated rings. The molecule has 10 aromatic carbocycles. The highest BCUT2D eigenvalue weighted by atomic mass is 16.3. The van der Waals surface area contributed by atoms with Crippen LogP contribution in [0.1, 0.15) is 0 Å². The molecule has 0 saturated heterocycles. The minimum absolute atomic E-state index is 0.922. The van der Waals surface area contributed by atoms with Gasteiger partial charge in [-0.3, -0.25) is 0 Å². The van der Waals surface area contributed by atoms with Crippen LogP contribution in [0.4, 0.5) is 0 Å². The number of hydrogen-bond donors (Lipinski definition) is 0. The van der Waals surface area contributed by atoms with Crippen molar-refractivity contribution < 1.29 is 4.42 Å². The van der Waals surface area contributed by atoms with E-state index in [2.05, 4.69) is 194 Å². The Morgan fingerprint density at radius 3 is 1.51 bits per heavy atom. The highest BCUT2D eigenvalue weighted by Gasteiger charge is 2.19. The highest BCUT2D eigenvalue weighted by Crippen LogP contribution is 2.46. The average Bonchev–Trinajstić information content (AvgIpc) is 3.62. The number of benzene rings is 10. The monoisotopic (exact) mass is 672 g/mol. The largest absolute Gasteiger partial charge is 0.455 e. The SMILES string of the molecule is c1ccc(-c2cccc(-c3c4ccccc4c(-c4ccc(-c5cc6c(oc7ccc8ccccc8c76)c6ccccc56)cc4)c4ccccc34)c2)cc1. The Balaban J connectivity index is 1.11. The van der Waals surface area contributed by atoms with Crippen molar-refractivity contribution in [1.29, 1.82) is 0 Å². The molecule has 0 N–H and O–H groups in total. The van der Waals surface area contributed by atoms with Crippen LogP contribution in [0.5, 0.6) is 0 Å². The molecule has 1 nitrogen and oxygen atoms in total. The molecule has 0 unspecified atom stereocenters. The summed E-state index contributed by atoms with van der Waals surface area (Å²) in [4.78, 5) is 0. The molecule has 53 heavy (non-hydrogen) atoms. The van der Waals surface area contributed by atoms with Gasteiger partial charge in [0.25, 0.3) is 0 Å². The topological polar surface area (TPSA) is 13.1 Å². The molecule has 0 amide bonds. The second-order valence-corrected chi connectivity index (χ2v) is 14.0. The molecule has 0 aliphatic heterocycles. The van der Waals surface area contributed by atoms with E-state index in [1.165, 1.54) is 87.6 Å². The van der Waals surface area contributed by atoms with Crippen molar-refractivity contribution >= 4 is 65.0 Å². The minimum atomic E-state index is 0.922. The van der Waals surface area contributed by atoms with Gasteiger partial charge in [0.2, 0.25) is 0 Å². The van der Waals surface area contributed by atoms with Gasteiger partial charge in [0.15, 0.2) is 0 Å². The van der Waals surface area contributed by atoms with E-state index < -0.39 is 0 Å². The zero-order valence-corrected chi connectivity index (χ0v) is 28.9. The second kappa shape index (κ2) is 11.8. The Hall–Kier alpha value is -6.96. The predicted octanol–water partition coefficient (Wildman–Crippen LogP) is 14.9. The van der Waals surface area contributed by atoms with Gasteiger partial charge in [-0.25, -0.2) is 0 Å². The number of rotatable bonds is 4. The molecule has 0 bridgehead atoms.